The van der Waals surface area contributed by atoms with Crippen molar-refractivity contribution < 1.29 is 10.2 Å². The predicted octanol–water partition coefficient (Wildman–Crippen LogP) is 0.705. The molecule has 0 radical (unpaired) electrons. The number of aliphatic hydroxyl groups is 2. The zero-order chi connectivity index (χ0) is 11.4. The molecule has 4 heteroatoms. The van der Waals surface area contributed by atoms with E-state index in [4.69, 9.17) is 0 Å². The molecule has 2 aromatic heterocycles. The maximum Gasteiger partial charge on any atom is 0.138 e. The van der Waals surface area contributed by atoms with Gasteiger partial charge in [0.05, 0.1) is 6.61 Å². The lowest BCUT2D eigenvalue weighted by Crippen LogP contribution is -2.31. The van der Waals surface area contributed by atoms with Gasteiger partial charge in [-0.15, -0.1) is 0 Å². The van der Waals surface area contributed by atoms with Crippen LogP contribution in [0.4, 0.5) is 0 Å². The summed E-state index contributed by atoms with van der Waals surface area (Å²) in [7, 11) is 0. The molecule has 2 N–H and O–H groups in total. The van der Waals surface area contributed by atoms with Gasteiger partial charge in [-0.3, -0.25) is 9.97 Å². The van der Waals surface area contributed by atoms with Crippen LogP contribution >= 0.6 is 0 Å². The fourth-order valence-corrected chi connectivity index (χ4v) is 1.60. The van der Waals surface area contributed by atoms with Gasteiger partial charge in [0.25, 0.3) is 0 Å². The molecule has 2 heterocycles. The molecule has 0 aliphatic rings. The highest BCUT2D eigenvalue weighted by atomic mass is 16.3. The molecule has 82 valence electrons. The Morgan fingerprint density at radius 1 is 0.875 bits per heavy atom. The van der Waals surface area contributed by atoms with E-state index in [0.29, 0.717) is 11.1 Å². The highest BCUT2D eigenvalue weighted by Crippen LogP contribution is 2.27. The summed E-state index contributed by atoms with van der Waals surface area (Å²) in [4.78, 5) is 7.76. The summed E-state index contributed by atoms with van der Waals surface area (Å²) in [6, 6.07) is 6.71. The van der Waals surface area contributed by atoms with Gasteiger partial charge in [-0.25, -0.2) is 0 Å². The minimum atomic E-state index is -1.40. The van der Waals surface area contributed by atoms with E-state index in [1.165, 1.54) is 0 Å². The van der Waals surface area contributed by atoms with E-state index in [1.807, 2.05) is 0 Å². The molecule has 0 saturated heterocycles. The van der Waals surface area contributed by atoms with Gasteiger partial charge in [-0.2, -0.15) is 0 Å². The highest BCUT2D eigenvalue weighted by molar-refractivity contribution is 5.33. The fraction of sp³-hybridized carbons (Fsp3) is 0.167. The Balaban J connectivity index is 2.49. The van der Waals surface area contributed by atoms with Crippen molar-refractivity contribution in [2.75, 3.05) is 6.61 Å². The van der Waals surface area contributed by atoms with E-state index >= 15 is 0 Å². The molecular formula is C12H12N2O2. The van der Waals surface area contributed by atoms with Gasteiger partial charge in [0.15, 0.2) is 0 Å². The van der Waals surface area contributed by atoms with Gasteiger partial charge >= 0.3 is 0 Å². The normalized spacial score (nSPS) is 11.4. The first-order valence-electron chi connectivity index (χ1n) is 4.91. The molecule has 16 heavy (non-hydrogen) atoms. The van der Waals surface area contributed by atoms with Crippen molar-refractivity contribution in [3.8, 4) is 0 Å². The maximum absolute atomic E-state index is 10.5. The predicted molar refractivity (Wildman–Crippen MR) is 58.6 cm³/mol. The Morgan fingerprint density at radius 2 is 1.25 bits per heavy atom. The molecule has 0 amide bonds. The monoisotopic (exact) mass is 216 g/mol. The molecule has 0 unspecified atom stereocenters. The smallest absolute Gasteiger partial charge is 0.138 e. The van der Waals surface area contributed by atoms with Gasteiger partial charge in [0.2, 0.25) is 0 Å². The summed E-state index contributed by atoms with van der Waals surface area (Å²) in [6.07, 6.45) is 6.32. The van der Waals surface area contributed by atoms with Crippen molar-refractivity contribution in [2.24, 2.45) is 0 Å². The van der Waals surface area contributed by atoms with E-state index in [-0.39, 0.29) is 6.61 Å². The Labute approximate surface area is 93.2 Å². The zero-order valence-electron chi connectivity index (χ0n) is 8.61. The van der Waals surface area contributed by atoms with Crippen LogP contribution in [0.2, 0.25) is 0 Å². The third-order valence-corrected chi connectivity index (χ3v) is 2.54. The molecule has 0 fully saturated rings. The van der Waals surface area contributed by atoms with Crippen LogP contribution in [0.5, 0.6) is 0 Å². The summed E-state index contributed by atoms with van der Waals surface area (Å²) >= 11 is 0. The topological polar surface area (TPSA) is 66.2 Å². The molecule has 0 atom stereocenters. The van der Waals surface area contributed by atoms with Crippen molar-refractivity contribution in [3.63, 3.8) is 0 Å². The lowest BCUT2D eigenvalue weighted by molar-refractivity contribution is 0.0171. The first-order chi connectivity index (χ1) is 7.77. The van der Waals surface area contributed by atoms with Crippen molar-refractivity contribution in [3.05, 3.63) is 60.2 Å². The van der Waals surface area contributed by atoms with Gasteiger partial charge < -0.3 is 10.2 Å². The summed E-state index contributed by atoms with van der Waals surface area (Å²) in [6.45, 7) is -0.388. The number of hydrogen-bond acceptors (Lipinski definition) is 4. The number of hydrogen-bond donors (Lipinski definition) is 2. The second-order valence-electron chi connectivity index (χ2n) is 3.49. The highest BCUT2D eigenvalue weighted by Gasteiger charge is 2.30. The van der Waals surface area contributed by atoms with Crippen LogP contribution in [0.15, 0.2) is 49.1 Å². The summed E-state index contributed by atoms with van der Waals surface area (Å²) < 4.78 is 0. The Morgan fingerprint density at radius 3 is 1.56 bits per heavy atom. The van der Waals surface area contributed by atoms with Crippen LogP contribution in [0.3, 0.4) is 0 Å². The number of aromatic nitrogens is 2. The molecule has 0 bridgehead atoms. The van der Waals surface area contributed by atoms with Gasteiger partial charge in [0.1, 0.15) is 5.60 Å². The van der Waals surface area contributed by atoms with E-state index in [9.17, 15) is 10.2 Å². The number of rotatable bonds is 3. The Kier molecular flexibility index (Phi) is 2.94. The average Bonchev–Trinajstić information content (AvgIpc) is 2.40. The van der Waals surface area contributed by atoms with Crippen molar-refractivity contribution >= 4 is 0 Å². The van der Waals surface area contributed by atoms with Gasteiger partial charge in [-0.1, -0.05) is 0 Å². The molecule has 0 saturated carbocycles. The Bertz CT molecular complexity index is 406. The third-order valence-electron chi connectivity index (χ3n) is 2.54. The number of pyridine rings is 2. The van der Waals surface area contributed by atoms with Crippen LogP contribution in [0.25, 0.3) is 0 Å². The molecule has 0 aliphatic heterocycles. The first kappa shape index (κ1) is 10.7. The second kappa shape index (κ2) is 4.38. The van der Waals surface area contributed by atoms with E-state index in [2.05, 4.69) is 9.97 Å². The summed E-state index contributed by atoms with van der Waals surface area (Å²) in [5.74, 6) is 0. The lowest BCUT2D eigenvalue weighted by Gasteiger charge is -2.26. The molecule has 0 spiro atoms. The molecule has 0 aliphatic carbocycles. The van der Waals surface area contributed by atoms with E-state index in [1.54, 1.807) is 49.1 Å². The maximum atomic E-state index is 10.5. The van der Waals surface area contributed by atoms with Crippen LogP contribution in [-0.4, -0.2) is 26.8 Å². The lowest BCUT2D eigenvalue weighted by atomic mass is 9.88. The van der Waals surface area contributed by atoms with Crippen molar-refractivity contribution in [2.45, 2.75) is 5.60 Å². The largest absolute Gasteiger partial charge is 0.393 e. The SMILES string of the molecule is OCC(O)(c1ccncc1)c1ccncc1. The fourth-order valence-electron chi connectivity index (χ4n) is 1.60. The summed E-state index contributed by atoms with van der Waals surface area (Å²) in [5.41, 5.74) is -0.182. The minimum absolute atomic E-state index is 0.388. The van der Waals surface area contributed by atoms with E-state index in [0.717, 1.165) is 0 Å². The molecule has 2 rings (SSSR count). The van der Waals surface area contributed by atoms with Crippen LogP contribution in [0.1, 0.15) is 11.1 Å². The second-order valence-corrected chi connectivity index (χ2v) is 3.49. The zero-order valence-corrected chi connectivity index (χ0v) is 8.61. The number of nitrogens with zero attached hydrogens (tertiary/aromatic N) is 2. The first-order valence-corrected chi connectivity index (χ1v) is 4.91. The van der Waals surface area contributed by atoms with E-state index < -0.39 is 5.60 Å². The average molecular weight is 216 g/mol. The van der Waals surface area contributed by atoms with Crippen molar-refractivity contribution in [1.29, 1.82) is 0 Å². The standard InChI is InChI=1S/C12H12N2O2/c15-9-12(16,10-1-5-13-6-2-10)11-3-7-14-8-4-11/h1-8,15-16H,9H2. The quantitative estimate of drug-likeness (QED) is 0.792. The molecular weight excluding hydrogens is 204 g/mol. The van der Waals surface area contributed by atoms with Crippen LogP contribution in [0, 0.1) is 0 Å². The summed E-state index contributed by atoms with van der Waals surface area (Å²) in [5, 5.41) is 19.9. The van der Waals surface area contributed by atoms with Gasteiger partial charge in [0, 0.05) is 24.8 Å². The molecule has 2 aromatic rings. The third kappa shape index (κ3) is 1.80. The number of aliphatic hydroxyl groups excluding tert-OH is 1. The van der Waals surface area contributed by atoms with Crippen LogP contribution in [-0.2, 0) is 5.60 Å². The van der Waals surface area contributed by atoms with Crippen molar-refractivity contribution in [1.82, 2.24) is 9.97 Å². The minimum Gasteiger partial charge on any atom is -0.393 e. The van der Waals surface area contributed by atoms with Crippen LogP contribution < -0.4 is 0 Å². The van der Waals surface area contributed by atoms with Gasteiger partial charge in [-0.05, 0) is 35.4 Å². The molecule has 4 nitrogen and oxygen atoms in total. The Hall–Kier alpha value is -1.78. The molecule has 0 aromatic carbocycles.